The zero-order chi connectivity index (χ0) is 24.3. The number of hydrogen-bond donors (Lipinski definition) is 1. The van der Waals surface area contributed by atoms with Crippen molar-refractivity contribution in [2.24, 2.45) is 5.92 Å². The van der Waals surface area contributed by atoms with Crippen molar-refractivity contribution >= 4 is 18.0 Å². The Labute approximate surface area is 198 Å². The molecule has 0 spiro atoms. The predicted octanol–water partition coefficient (Wildman–Crippen LogP) is 4.48. The molecule has 184 valence electrons. The number of methoxy groups -OCH3 is 1. The Kier molecular flexibility index (Phi) is 10.7. The molecule has 1 saturated carbocycles. The van der Waals surface area contributed by atoms with Crippen LogP contribution in [0.2, 0.25) is 0 Å². The van der Waals surface area contributed by atoms with E-state index in [1.54, 1.807) is 20.8 Å². The molecule has 1 N–H and O–H groups in total. The highest BCUT2D eigenvalue weighted by Gasteiger charge is 2.29. The monoisotopic (exact) mass is 460 g/mol. The molecule has 2 rings (SSSR count). The predicted molar refractivity (Wildman–Crippen MR) is 128 cm³/mol. The Morgan fingerprint density at radius 3 is 2.36 bits per heavy atom. The lowest BCUT2D eigenvalue weighted by Crippen LogP contribution is -2.52. The molecule has 0 bridgehead atoms. The molecule has 1 aliphatic rings. The zero-order valence-corrected chi connectivity index (χ0v) is 20.6. The van der Waals surface area contributed by atoms with Gasteiger partial charge in [-0.05, 0) is 45.1 Å². The minimum absolute atomic E-state index is 0.138. The van der Waals surface area contributed by atoms with Crippen LogP contribution in [-0.4, -0.2) is 54.7 Å². The van der Waals surface area contributed by atoms with E-state index in [-0.39, 0.29) is 12.5 Å². The summed E-state index contributed by atoms with van der Waals surface area (Å²) in [7, 11) is 1.31. The maximum Gasteiger partial charge on any atom is 0.408 e. The van der Waals surface area contributed by atoms with E-state index >= 15 is 0 Å². The average molecular weight is 461 g/mol. The Morgan fingerprint density at radius 1 is 1.09 bits per heavy atom. The van der Waals surface area contributed by atoms with Crippen molar-refractivity contribution < 1.29 is 23.9 Å². The van der Waals surface area contributed by atoms with Crippen molar-refractivity contribution in [2.75, 3.05) is 20.2 Å². The molecule has 7 nitrogen and oxygen atoms in total. The molecule has 1 aromatic carbocycles. The molecule has 0 aromatic heterocycles. The topological polar surface area (TPSA) is 84.9 Å². The molecular formula is C26H40N2O5. The number of benzene rings is 1. The molecule has 0 radical (unpaired) electrons. The summed E-state index contributed by atoms with van der Waals surface area (Å²) < 4.78 is 10.2. The van der Waals surface area contributed by atoms with Gasteiger partial charge in [-0.3, -0.25) is 9.59 Å². The number of nitrogens with zero attached hydrogens (tertiary/aromatic N) is 1. The normalized spacial score (nSPS) is 15.4. The van der Waals surface area contributed by atoms with Crippen LogP contribution in [0.4, 0.5) is 4.79 Å². The van der Waals surface area contributed by atoms with Crippen LogP contribution < -0.4 is 5.32 Å². The van der Waals surface area contributed by atoms with Gasteiger partial charge >= 0.3 is 12.1 Å². The van der Waals surface area contributed by atoms with E-state index in [0.29, 0.717) is 18.9 Å². The number of ether oxygens (including phenoxy) is 2. The lowest BCUT2D eigenvalue weighted by Gasteiger charge is -2.29. The molecule has 1 unspecified atom stereocenters. The SMILES string of the molecule is COC(=O)CN(CCCC1CCCCC1)C(=O)C(Cc1ccccc1)NC(=O)OC(C)(C)C. The standard InChI is InChI=1S/C26H40N2O5/c1-26(2,3)33-25(31)27-22(18-21-14-9-6-10-15-21)24(30)28(19-23(29)32-4)17-11-16-20-12-7-5-8-13-20/h6,9-10,14-15,20,22H,5,7-8,11-13,16-19H2,1-4H3,(H,27,31). The number of hydrogen-bond acceptors (Lipinski definition) is 5. The van der Waals surface area contributed by atoms with E-state index in [4.69, 9.17) is 9.47 Å². The maximum atomic E-state index is 13.5. The van der Waals surface area contributed by atoms with E-state index in [9.17, 15) is 14.4 Å². The number of rotatable bonds is 10. The van der Waals surface area contributed by atoms with E-state index in [1.165, 1.54) is 44.1 Å². The van der Waals surface area contributed by atoms with Crippen molar-refractivity contribution in [3.63, 3.8) is 0 Å². The molecule has 7 heteroatoms. The first kappa shape index (κ1) is 26.7. The van der Waals surface area contributed by atoms with Crippen LogP contribution in [0.25, 0.3) is 0 Å². The fraction of sp³-hybridized carbons (Fsp3) is 0.654. The largest absolute Gasteiger partial charge is 0.468 e. The highest BCUT2D eigenvalue weighted by atomic mass is 16.6. The lowest BCUT2D eigenvalue weighted by atomic mass is 9.86. The third kappa shape index (κ3) is 10.3. The van der Waals surface area contributed by atoms with Crippen LogP contribution in [0.15, 0.2) is 30.3 Å². The summed E-state index contributed by atoms with van der Waals surface area (Å²) in [5.74, 6) is -0.0932. The molecule has 33 heavy (non-hydrogen) atoms. The van der Waals surface area contributed by atoms with Crippen LogP contribution in [0, 0.1) is 5.92 Å². The third-order valence-corrected chi connectivity index (χ3v) is 5.90. The molecule has 2 amide bonds. The van der Waals surface area contributed by atoms with Gasteiger partial charge in [0.1, 0.15) is 18.2 Å². The van der Waals surface area contributed by atoms with E-state index in [0.717, 1.165) is 18.4 Å². The van der Waals surface area contributed by atoms with Gasteiger partial charge in [0, 0.05) is 13.0 Å². The highest BCUT2D eigenvalue weighted by Crippen LogP contribution is 2.27. The number of esters is 1. The minimum atomic E-state index is -0.846. The van der Waals surface area contributed by atoms with Gasteiger partial charge in [0.2, 0.25) is 5.91 Å². The van der Waals surface area contributed by atoms with Gasteiger partial charge in [-0.15, -0.1) is 0 Å². The van der Waals surface area contributed by atoms with Crippen LogP contribution in [-0.2, 0) is 25.5 Å². The lowest BCUT2D eigenvalue weighted by molar-refractivity contribution is -0.147. The molecule has 0 aliphatic heterocycles. The Balaban J connectivity index is 2.12. The first-order valence-electron chi connectivity index (χ1n) is 12.1. The van der Waals surface area contributed by atoms with Gasteiger partial charge in [0.05, 0.1) is 7.11 Å². The fourth-order valence-corrected chi connectivity index (χ4v) is 4.25. The molecule has 1 aromatic rings. The minimum Gasteiger partial charge on any atom is -0.468 e. The zero-order valence-electron chi connectivity index (χ0n) is 20.6. The molecule has 1 fully saturated rings. The van der Waals surface area contributed by atoms with E-state index < -0.39 is 23.7 Å². The number of carbonyl (C=O) groups excluding carboxylic acids is 3. The summed E-state index contributed by atoms with van der Waals surface area (Å²) in [5, 5.41) is 2.73. The summed E-state index contributed by atoms with van der Waals surface area (Å²) >= 11 is 0. The van der Waals surface area contributed by atoms with Gasteiger partial charge < -0.3 is 19.7 Å². The Morgan fingerprint density at radius 2 is 1.76 bits per heavy atom. The van der Waals surface area contributed by atoms with E-state index in [1.807, 2.05) is 30.3 Å². The summed E-state index contributed by atoms with van der Waals surface area (Å²) in [4.78, 5) is 39.6. The van der Waals surface area contributed by atoms with Crippen molar-refractivity contribution in [3.8, 4) is 0 Å². The van der Waals surface area contributed by atoms with Crippen LogP contribution in [0.1, 0.15) is 71.3 Å². The van der Waals surface area contributed by atoms with Gasteiger partial charge in [-0.25, -0.2) is 4.79 Å². The number of carbonyl (C=O) groups is 3. The van der Waals surface area contributed by atoms with Crippen LogP contribution >= 0.6 is 0 Å². The third-order valence-electron chi connectivity index (χ3n) is 5.90. The van der Waals surface area contributed by atoms with Crippen LogP contribution in [0.5, 0.6) is 0 Å². The second-order valence-corrected chi connectivity index (χ2v) is 9.87. The Hall–Kier alpha value is -2.57. The van der Waals surface area contributed by atoms with Crippen molar-refractivity contribution in [1.82, 2.24) is 10.2 Å². The number of alkyl carbamates (subject to hydrolysis) is 1. The Bertz CT molecular complexity index is 754. The average Bonchev–Trinajstić information content (AvgIpc) is 2.77. The summed E-state index contributed by atoms with van der Waals surface area (Å²) in [6, 6.07) is 8.65. The quantitative estimate of drug-likeness (QED) is 0.520. The molecule has 0 heterocycles. The fourth-order valence-electron chi connectivity index (χ4n) is 4.25. The van der Waals surface area contributed by atoms with Gasteiger partial charge in [-0.1, -0.05) is 62.4 Å². The molecule has 1 atom stereocenters. The molecular weight excluding hydrogens is 420 g/mol. The molecule has 1 aliphatic carbocycles. The smallest absolute Gasteiger partial charge is 0.408 e. The summed E-state index contributed by atoms with van der Waals surface area (Å²) in [6.07, 6.45) is 7.83. The second kappa shape index (κ2) is 13.2. The number of nitrogens with one attached hydrogen (secondary N) is 1. The maximum absolute atomic E-state index is 13.5. The van der Waals surface area contributed by atoms with Gasteiger partial charge in [0.25, 0.3) is 0 Å². The summed E-state index contributed by atoms with van der Waals surface area (Å²) in [5.41, 5.74) is 0.225. The highest BCUT2D eigenvalue weighted by molar-refractivity contribution is 5.88. The van der Waals surface area contributed by atoms with E-state index in [2.05, 4.69) is 5.32 Å². The van der Waals surface area contributed by atoms with Crippen LogP contribution in [0.3, 0.4) is 0 Å². The second-order valence-electron chi connectivity index (χ2n) is 9.87. The summed E-state index contributed by atoms with van der Waals surface area (Å²) in [6.45, 7) is 5.63. The first-order valence-corrected chi connectivity index (χ1v) is 12.1. The molecule has 0 saturated heterocycles. The van der Waals surface area contributed by atoms with Crippen molar-refractivity contribution in [2.45, 2.75) is 83.8 Å². The van der Waals surface area contributed by atoms with Crippen molar-refractivity contribution in [1.29, 1.82) is 0 Å². The van der Waals surface area contributed by atoms with Gasteiger partial charge in [0.15, 0.2) is 0 Å². The van der Waals surface area contributed by atoms with Gasteiger partial charge in [-0.2, -0.15) is 0 Å². The first-order chi connectivity index (χ1) is 15.7. The number of amides is 2. The van der Waals surface area contributed by atoms with Crippen molar-refractivity contribution in [3.05, 3.63) is 35.9 Å².